The third-order valence-electron chi connectivity index (χ3n) is 2.88. The number of carbonyl (C=O) groups is 1. The van der Waals surface area contributed by atoms with Crippen LogP contribution in [0.1, 0.15) is 27.0 Å². The Morgan fingerprint density at radius 1 is 1.00 bits per heavy atom. The summed E-state index contributed by atoms with van der Waals surface area (Å²) in [6, 6.07) is 11.9. The minimum atomic E-state index is -4.61. The van der Waals surface area contributed by atoms with Gasteiger partial charge in [0.2, 0.25) is 0 Å². The summed E-state index contributed by atoms with van der Waals surface area (Å²) >= 11 is 0. The van der Waals surface area contributed by atoms with Gasteiger partial charge < -0.3 is 4.74 Å². The van der Waals surface area contributed by atoms with Crippen LogP contribution in [0.25, 0.3) is 0 Å². The molecule has 2 aromatic carbocycles. The molecular weight excluding hydrogens is 293 g/mol. The molecule has 0 saturated heterocycles. The second-order valence-electron chi connectivity index (χ2n) is 4.33. The molecule has 0 aliphatic carbocycles. The van der Waals surface area contributed by atoms with Crippen LogP contribution in [0.3, 0.4) is 0 Å². The minimum absolute atomic E-state index is 0.208. The summed E-state index contributed by atoms with van der Waals surface area (Å²) in [5.41, 5.74) is -0.999. The summed E-state index contributed by atoms with van der Waals surface area (Å²) < 4.78 is 43.8. The first-order valence-electron chi connectivity index (χ1n) is 6.29. The Balaban J connectivity index is 2.61. The van der Waals surface area contributed by atoms with Crippen LogP contribution in [0.2, 0.25) is 0 Å². The SMILES string of the molecule is COC(=O)c1cccc(C(F)(F)F)c1C#Cc1ccccc1. The summed E-state index contributed by atoms with van der Waals surface area (Å²) in [5.74, 6) is 4.23. The lowest BCUT2D eigenvalue weighted by molar-refractivity contribution is -0.137. The number of rotatable bonds is 1. The molecule has 0 aromatic heterocycles. The van der Waals surface area contributed by atoms with Gasteiger partial charge in [0.25, 0.3) is 0 Å². The molecule has 0 spiro atoms. The Morgan fingerprint density at radius 2 is 1.68 bits per heavy atom. The molecule has 2 rings (SSSR count). The average Bonchev–Trinajstić information content (AvgIpc) is 2.52. The molecule has 0 atom stereocenters. The maximum atomic E-state index is 13.1. The smallest absolute Gasteiger partial charge is 0.417 e. The molecule has 0 aliphatic heterocycles. The zero-order valence-corrected chi connectivity index (χ0v) is 11.6. The molecule has 0 unspecified atom stereocenters. The lowest BCUT2D eigenvalue weighted by atomic mass is 10.0. The summed E-state index contributed by atoms with van der Waals surface area (Å²) in [6.45, 7) is 0. The van der Waals surface area contributed by atoms with Crippen LogP contribution in [0, 0.1) is 11.8 Å². The van der Waals surface area contributed by atoms with Crippen molar-refractivity contribution in [3.8, 4) is 11.8 Å². The molecule has 0 heterocycles. The van der Waals surface area contributed by atoms with Gasteiger partial charge in [0.15, 0.2) is 0 Å². The van der Waals surface area contributed by atoms with E-state index in [0.717, 1.165) is 19.2 Å². The van der Waals surface area contributed by atoms with E-state index in [4.69, 9.17) is 0 Å². The van der Waals surface area contributed by atoms with Crippen molar-refractivity contribution in [3.63, 3.8) is 0 Å². The highest BCUT2D eigenvalue weighted by Crippen LogP contribution is 2.33. The van der Waals surface area contributed by atoms with Crippen molar-refractivity contribution < 1.29 is 22.7 Å². The summed E-state index contributed by atoms with van der Waals surface area (Å²) in [7, 11) is 1.11. The van der Waals surface area contributed by atoms with Gasteiger partial charge in [-0.05, 0) is 24.3 Å². The van der Waals surface area contributed by atoms with E-state index in [0.29, 0.717) is 5.56 Å². The fourth-order valence-electron chi connectivity index (χ4n) is 1.86. The molecule has 0 aliphatic rings. The third kappa shape index (κ3) is 3.47. The number of halogens is 3. The average molecular weight is 304 g/mol. The van der Waals surface area contributed by atoms with Crippen LogP contribution in [-0.4, -0.2) is 13.1 Å². The van der Waals surface area contributed by atoms with Gasteiger partial charge in [0.1, 0.15) is 0 Å². The second-order valence-corrected chi connectivity index (χ2v) is 4.33. The van der Waals surface area contributed by atoms with Crippen molar-refractivity contribution in [3.05, 3.63) is 70.8 Å². The van der Waals surface area contributed by atoms with Crippen molar-refractivity contribution >= 4 is 5.97 Å². The normalized spacial score (nSPS) is 10.5. The van der Waals surface area contributed by atoms with E-state index in [1.165, 1.54) is 6.07 Å². The van der Waals surface area contributed by atoms with E-state index in [1.807, 2.05) is 0 Å². The number of esters is 1. The summed E-state index contributed by atoms with van der Waals surface area (Å²) in [6.07, 6.45) is -4.61. The van der Waals surface area contributed by atoms with Crippen LogP contribution < -0.4 is 0 Å². The Labute approximate surface area is 125 Å². The van der Waals surface area contributed by atoms with Gasteiger partial charge in [-0.25, -0.2) is 4.79 Å². The molecular formula is C17H11F3O2. The highest BCUT2D eigenvalue weighted by atomic mass is 19.4. The molecule has 5 heteroatoms. The lowest BCUT2D eigenvalue weighted by Crippen LogP contribution is -2.13. The first-order chi connectivity index (χ1) is 10.4. The number of hydrogen-bond acceptors (Lipinski definition) is 2. The molecule has 22 heavy (non-hydrogen) atoms. The van der Waals surface area contributed by atoms with Crippen molar-refractivity contribution in [2.24, 2.45) is 0 Å². The standard InChI is InChI=1S/C17H11F3O2/c1-22-16(21)14-8-5-9-15(17(18,19)20)13(14)11-10-12-6-3-2-4-7-12/h2-9H,1H3. The van der Waals surface area contributed by atoms with E-state index in [9.17, 15) is 18.0 Å². The fraction of sp³-hybridized carbons (Fsp3) is 0.118. The van der Waals surface area contributed by atoms with E-state index in [1.54, 1.807) is 30.3 Å². The summed E-state index contributed by atoms with van der Waals surface area (Å²) in [5, 5.41) is 0. The molecule has 0 fully saturated rings. The largest absolute Gasteiger partial charge is 0.465 e. The van der Waals surface area contributed by atoms with Crippen LogP contribution in [0.15, 0.2) is 48.5 Å². The van der Waals surface area contributed by atoms with Crippen molar-refractivity contribution in [1.29, 1.82) is 0 Å². The molecule has 112 valence electrons. The van der Waals surface area contributed by atoms with Gasteiger partial charge in [-0.1, -0.05) is 36.1 Å². The Bertz CT molecular complexity index is 738. The Kier molecular flexibility index (Phi) is 4.52. The molecule has 2 aromatic rings. The number of alkyl halides is 3. The third-order valence-corrected chi connectivity index (χ3v) is 2.88. The molecule has 0 radical (unpaired) electrons. The predicted molar refractivity (Wildman–Crippen MR) is 75.2 cm³/mol. The van der Waals surface area contributed by atoms with Crippen LogP contribution >= 0.6 is 0 Å². The molecule has 0 N–H and O–H groups in total. The van der Waals surface area contributed by atoms with Gasteiger partial charge in [-0.15, -0.1) is 0 Å². The Morgan fingerprint density at radius 3 is 2.27 bits per heavy atom. The van der Waals surface area contributed by atoms with E-state index >= 15 is 0 Å². The molecule has 0 saturated carbocycles. The zero-order valence-electron chi connectivity index (χ0n) is 11.6. The molecule has 0 amide bonds. The predicted octanol–water partition coefficient (Wildman–Crippen LogP) is 3.89. The maximum absolute atomic E-state index is 13.1. The zero-order chi connectivity index (χ0) is 16.2. The van der Waals surface area contributed by atoms with Crippen LogP contribution in [0.4, 0.5) is 13.2 Å². The number of methoxy groups -OCH3 is 1. The van der Waals surface area contributed by atoms with Crippen LogP contribution in [-0.2, 0) is 10.9 Å². The van der Waals surface area contributed by atoms with Crippen molar-refractivity contribution in [2.75, 3.05) is 7.11 Å². The number of carbonyl (C=O) groups excluding carboxylic acids is 1. The second kappa shape index (κ2) is 6.35. The van der Waals surface area contributed by atoms with E-state index in [2.05, 4.69) is 16.6 Å². The van der Waals surface area contributed by atoms with Gasteiger partial charge in [-0.2, -0.15) is 13.2 Å². The fourth-order valence-corrected chi connectivity index (χ4v) is 1.86. The highest BCUT2D eigenvalue weighted by Gasteiger charge is 2.34. The lowest BCUT2D eigenvalue weighted by Gasteiger charge is -2.11. The monoisotopic (exact) mass is 304 g/mol. The maximum Gasteiger partial charge on any atom is 0.417 e. The van der Waals surface area contributed by atoms with Crippen molar-refractivity contribution in [2.45, 2.75) is 6.18 Å². The van der Waals surface area contributed by atoms with Gasteiger partial charge in [-0.3, -0.25) is 0 Å². The quantitative estimate of drug-likeness (QED) is 0.590. The highest BCUT2D eigenvalue weighted by molar-refractivity contribution is 5.93. The van der Waals surface area contributed by atoms with Gasteiger partial charge in [0.05, 0.1) is 23.8 Å². The van der Waals surface area contributed by atoms with Gasteiger partial charge >= 0.3 is 12.1 Å². The molecule has 0 bridgehead atoms. The van der Waals surface area contributed by atoms with Crippen LogP contribution in [0.5, 0.6) is 0 Å². The topological polar surface area (TPSA) is 26.3 Å². The Hall–Kier alpha value is -2.74. The number of ether oxygens (including phenoxy) is 1. The first kappa shape index (κ1) is 15.6. The van der Waals surface area contributed by atoms with Crippen molar-refractivity contribution in [1.82, 2.24) is 0 Å². The number of hydrogen-bond donors (Lipinski definition) is 0. The van der Waals surface area contributed by atoms with E-state index in [-0.39, 0.29) is 11.1 Å². The molecule has 2 nitrogen and oxygen atoms in total. The summed E-state index contributed by atoms with van der Waals surface area (Å²) in [4.78, 5) is 11.7. The van der Waals surface area contributed by atoms with E-state index < -0.39 is 17.7 Å². The van der Waals surface area contributed by atoms with Gasteiger partial charge in [0, 0.05) is 5.56 Å². The minimum Gasteiger partial charge on any atom is -0.465 e. The first-order valence-corrected chi connectivity index (χ1v) is 6.29. The number of benzene rings is 2.